The lowest BCUT2D eigenvalue weighted by Crippen LogP contribution is -2.36. The van der Waals surface area contributed by atoms with Crippen molar-refractivity contribution in [1.82, 2.24) is 10.2 Å². The van der Waals surface area contributed by atoms with Gasteiger partial charge in [0.2, 0.25) is 0 Å². The molecule has 0 aliphatic heterocycles. The minimum atomic E-state index is -0.0942. The second-order valence-electron chi connectivity index (χ2n) is 3.51. The molecule has 0 aromatic heterocycles. The number of urea groups is 1. The van der Waals surface area contributed by atoms with E-state index in [1.165, 1.54) is 0 Å². The zero-order valence-corrected chi connectivity index (χ0v) is 9.77. The number of hydrogen-bond acceptors (Lipinski definition) is 2. The average Bonchev–Trinajstić information content (AvgIpc) is 2.34. The average molecular weight is 222 g/mol. The van der Waals surface area contributed by atoms with E-state index in [0.717, 1.165) is 5.56 Å². The molecule has 0 aliphatic carbocycles. The summed E-state index contributed by atoms with van der Waals surface area (Å²) in [5.74, 6) is 0. The van der Waals surface area contributed by atoms with Gasteiger partial charge in [0.25, 0.3) is 0 Å². The Morgan fingerprint density at radius 3 is 2.69 bits per heavy atom. The van der Waals surface area contributed by atoms with Crippen LogP contribution in [0.25, 0.3) is 0 Å². The summed E-state index contributed by atoms with van der Waals surface area (Å²) in [4.78, 5) is 12.7. The number of nitrogens with zero attached hydrogens (tertiary/aromatic N) is 1. The monoisotopic (exact) mass is 222 g/mol. The van der Waals surface area contributed by atoms with Gasteiger partial charge < -0.3 is 15.0 Å². The van der Waals surface area contributed by atoms with Gasteiger partial charge in [-0.25, -0.2) is 4.79 Å². The van der Waals surface area contributed by atoms with Crippen LogP contribution in [0.15, 0.2) is 30.3 Å². The highest BCUT2D eigenvalue weighted by atomic mass is 16.5. The van der Waals surface area contributed by atoms with E-state index < -0.39 is 0 Å². The number of nitrogens with one attached hydrogen (secondary N) is 1. The maximum absolute atomic E-state index is 11.1. The summed E-state index contributed by atoms with van der Waals surface area (Å²) in [6, 6.07) is 9.88. The Morgan fingerprint density at radius 1 is 1.38 bits per heavy atom. The predicted molar refractivity (Wildman–Crippen MR) is 63.2 cm³/mol. The molecule has 1 rings (SSSR count). The van der Waals surface area contributed by atoms with Gasteiger partial charge >= 0.3 is 6.03 Å². The molecule has 0 aliphatic rings. The highest BCUT2D eigenvalue weighted by Crippen LogP contribution is 2.00. The van der Waals surface area contributed by atoms with Gasteiger partial charge in [-0.15, -0.1) is 0 Å². The van der Waals surface area contributed by atoms with Crippen LogP contribution in [-0.4, -0.2) is 38.2 Å². The van der Waals surface area contributed by atoms with Gasteiger partial charge in [-0.2, -0.15) is 0 Å². The highest BCUT2D eigenvalue weighted by Gasteiger charge is 2.04. The minimum Gasteiger partial charge on any atom is -0.375 e. The van der Waals surface area contributed by atoms with Crippen LogP contribution in [0.4, 0.5) is 4.79 Å². The third-order valence-corrected chi connectivity index (χ3v) is 2.24. The van der Waals surface area contributed by atoms with Crippen molar-refractivity contribution in [1.29, 1.82) is 0 Å². The van der Waals surface area contributed by atoms with Crippen LogP contribution in [0.1, 0.15) is 5.56 Å². The quantitative estimate of drug-likeness (QED) is 0.767. The molecule has 0 saturated carbocycles. The zero-order valence-electron chi connectivity index (χ0n) is 9.77. The van der Waals surface area contributed by atoms with E-state index in [0.29, 0.717) is 19.8 Å². The first kappa shape index (κ1) is 12.5. The zero-order chi connectivity index (χ0) is 11.8. The summed E-state index contributed by atoms with van der Waals surface area (Å²) in [7, 11) is 3.36. The Labute approximate surface area is 96.2 Å². The van der Waals surface area contributed by atoms with Gasteiger partial charge in [-0.3, -0.25) is 0 Å². The summed E-state index contributed by atoms with van der Waals surface area (Å²) < 4.78 is 5.46. The van der Waals surface area contributed by atoms with Crippen molar-refractivity contribution >= 4 is 6.03 Å². The number of benzene rings is 1. The van der Waals surface area contributed by atoms with Crippen molar-refractivity contribution in [3.05, 3.63) is 35.9 Å². The van der Waals surface area contributed by atoms with Crippen LogP contribution in [0.2, 0.25) is 0 Å². The summed E-state index contributed by atoms with van der Waals surface area (Å²) in [6.07, 6.45) is 0. The molecule has 0 bridgehead atoms. The van der Waals surface area contributed by atoms with E-state index in [2.05, 4.69) is 5.32 Å². The smallest absolute Gasteiger partial charge is 0.316 e. The van der Waals surface area contributed by atoms with Crippen LogP contribution in [0, 0.1) is 0 Å². The Hall–Kier alpha value is -1.55. The van der Waals surface area contributed by atoms with E-state index in [1.807, 2.05) is 30.3 Å². The van der Waals surface area contributed by atoms with Crippen molar-refractivity contribution < 1.29 is 9.53 Å². The first-order chi connectivity index (χ1) is 7.74. The molecule has 0 radical (unpaired) electrons. The number of amides is 2. The van der Waals surface area contributed by atoms with Crippen molar-refractivity contribution in [3.63, 3.8) is 0 Å². The molecule has 1 aromatic carbocycles. The fraction of sp³-hybridized carbons (Fsp3) is 0.417. The Balaban J connectivity index is 2.15. The second-order valence-corrected chi connectivity index (χ2v) is 3.51. The van der Waals surface area contributed by atoms with Crippen molar-refractivity contribution in [3.8, 4) is 0 Å². The maximum atomic E-state index is 11.1. The molecule has 0 spiro atoms. The number of rotatable bonds is 5. The van der Waals surface area contributed by atoms with Crippen molar-refractivity contribution in [2.45, 2.75) is 6.61 Å². The van der Waals surface area contributed by atoms with Crippen LogP contribution >= 0.6 is 0 Å². The topological polar surface area (TPSA) is 41.6 Å². The fourth-order valence-corrected chi connectivity index (χ4v) is 1.26. The first-order valence-corrected chi connectivity index (χ1v) is 5.28. The Bertz CT molecular complexity index is 314. The van der Waals surface area contributed by atoms with Gasteiger partial charge in [-0.1, -0.05) is 30.3 Å². The number of carbonyl (C=O) groups is 1. The molecule has 2 amide bonds. The maximum Gasteiger partial charge on any atom is 0.316 e. The van der Waals surface area contributed by atoms with Gasteiger partial charge in [-0.05, 0) is 5.56 Å². The number of likely N-dealkylation sites (N-methyl/N-ethyl adjacent to an activating group) is 1. The largest absolute Gasteiger partial charge is 0.375 e. The number of hydrogen-bond donors (Lipinski definition) is 1. The van der Waals surface area contributed by atoms with E-state index >= 15 is 0 Å². The lowest BCUT2D eigenvalue weighted by molar-refractivity contribution is 0.104. The highest BCUT2D eigenvalue weighted by molar-refractivity contribution is 5.73. The third kappa shape index (κ3) is 4.31. The summed E-state index contributed by atoms with van der Waals surface area (Å²) >= 11 is 0. The van der Waals surface area contributed by atoms with E-state index in [1.54, 1.807) is 19.0 Å². The molecule has 0 atom stereocenters. The molecule has 4 nitrogen and oxygen atoms in total. The third-order valence-electron chi connectivity index (χ3n) is 2.24. The van der Waals surface area contributed by atoms with E-state index in [-0.39, 0.29) is 6.03 Å². The van der Waals surface area contributed by atoms with Gasteiger partial charge in [0.1, 0.15) is 0 Å². The Morgan fingerprint density at radius 2 is 2.06 bits per heavy atom. The number of ether oxygens (including phenoxy) is 1. The number of carbonyl (C=O) groups excluding carboxylic acids is 1. The van der Waals surface area contributed by atoms with Gasteiger partial charge in [0.05, 0.1) is 13.2 Å². The van der Waals surface area contributed by atoms with Crippen LogP contribution in [0.5, 0.6) is 0 Å². The lowest BCUT2D eigenvalue weighted by atomic mass is 10.2. The summed E-state index contributed by atoms with van der Waals surface area (Å²) in [6.45, 7) is 1.72. The summed E-state index contributed by atoms with van der Waals surface area (Å²) in [5.41, 5.74) is 1.14. The van der Waals surface area contributed by atoms with Gasteiger partial charge in [0, 0.05) is 20.6 Å². The molecule has 0 saturated heterocycles. The first-order valence-electron chi connectivity index (χ1n) is 5.28. The second kappa shape index (κ2) is 6.85. The molecule has 0 fully saturated rings. The Kier molecular flexibility index (Phi) is 5.36. The molecule has 1 N–H and O–H groups in total. The van der Waals surface area contributed by atoms with Crippen molar-refractivity contribution in [2.75, 3.05) is 27.2 Å². The van der Waals surface area contributed by atoms with E-state index in [9.17, 15) is 4.79 Å². The lowest BCUT2D eigenvalue weighted by Gasteiger charge is -2.16. The fourth-order valence-electron chi connectivity index (χ4n) is 1.26. The van der Waals surface area contributed by atoms with Crippen LogP contribution in [0.3, 0.4) is 0 Å². The van der Waals surface area contributed by atoms with Crippen LogP contribution < -0.4 is 5.32 Å². The molecule has 88 valence electrons. The molecule has 0 unspecified atom stereocenters. The van der Waals surface area contributed by atoms with E-state index in [4.69, 9.17) is 4.74 Å². The SMILES string of the molecule is CNC(=O)N(C)CCOCc1ccccc1. The minimum absolute atomic E-state index is 0.0942. The summed E-state index contributed by atoms with van der Waals surface area (Å²) in [5, 5.41) is 2.55. The molecular formula is C12H18N2O2. The molecule has 16 heavy (non-hydrogen) atoms. The van der Waals surface area contributed by atoms with Crippen LogP contribution in [-0.2, 0) is 11.3 Å². The predicted octanol–water partition coefficient (Wildman–Crippen LogP) is 1.47. The molecule has 4 heteroatoms. The van der Waals surface area contributed by atoms with Gasteiger partial charge in [0.15, 0.2) is 0 Å². The van der Waals surface area contributed by atoms with Crippen molar-refractivity contribution in [2.24, 2.45) is 0 Å². The molecule has 1 aromatic rings. The molecule has 0 heterocycles. The standard InChI is InChI=1S/C12H18N2O2/c1-13-12(15)14(2)8-9-16-10-11-6-4-3-5-7-11/h3-7H,8-10H2,1-2H3,(H,13,15). The normalized spacial score (nSPS) is 9.88. The molecular weight excluding hydrogens is 204 g/mol.